The monoisotopic (exact) mass is 272 g/mol. The van der Waals surface area contributed by atoms with Crippen molar-refractivity contribution < 1.29 is 18.3 Å². The molecule has 7 heteroatoms. The summed E-state index contributed by atoms with van der Waals surface area (Å²) in [6.07, 6.45) is 1.15. The Kier molecular flexibility index (Phi) is 4.18. The van der Waals surface area contributed by atoms with Crippen molar-refractivity contribution in [3.05, 3.63) is 23.8 Å². The van der Waals surface area contributed by atoms with Crippen molar-refractivity contribution in [1.82, 2.24) is 0 Å². The van der Waals surface area contributed by atoms with E-state index in [9.17, 15) is 13.2 Å². The summed E-state index contributed by atoms with van der Waals surface area (Å²) in [6.45, 7) is 1.71. The van der Waals surface area contributed by atoms with Crippen LogP contribution >= 0.6 is 0 Å². The topological polar surface area (TPSA) is 109 Å². The summed E-state index contributed by atoms with van der Waals surface area (Å²) in [5.41, 5.74) is 6.59. The Labute approximate surface area is 106 Å². The molecular formula is C11H16N2O4S. The molecule has 4 N–H and O–H groups in total. The number of nitrogens with two attached hydrogens (primary N) is 1. The van der Waals surface area contributed by atoms with E-state index in [1.54, 1.807) is 6.92 Å². The number of nitrogens with one attached hydrogen (secondary N) is 1. The molecule has 1 aromatic rings. The smallest absolute Gasteiger partial charge is 0.335 e. The highest BCUT2D eigenvalue weighted by Crippen LogP contribution is 2.21. The molecule has 1 atom stereocenters. The summed E-state index contributed by atoms with van der Waals surface area (Å²) in [4.78, 5) is 10.7. The number of anilines is 2. The average molecular weight is 272 g/mol. The molecule has 0 spiro atoms. The molecule has 0 radical (unpaired) electrons. The zero-order valence-electron chi connectivity index (χ0n) is 10.2. The second kappa shape index (κ2) is 5.26. The molecule has 0 aliphatic carbocycles. The summed E-state index contributed by atoms with van der Waals surface area (Å²) in [6, 6.07) is 3.96. The molecule has 1 unspecified atom stereocenters. The SMILES string of the molecule is CC(CS(C)(=O)=O)Nc1ccc(C(=O)O)cc1N. The first-order valence-corrected chi connectivity index (χ1v) is 7.32. The van der Waals surface area contributed by atoms with Crippen molar-refractivity contribution in [2.24, 2.45) is 0 Å². The zero-order chi connectivity index (χ0) is 13.9. The van der Waals surface area contributed by atoms with E-state index in [0.29, 0.717) is 5.69 Å². The van der Waals surface area contributed by atoms with Gasteiger partial charge in [-0.05, 0) is 25.1 Å². The van der Waals surface area contributed by atoms with E-state index in [4.69, 9.17) is 10.8 Å². The van der Waals surface area contributed by atoms with Crippen LogP contribution in [0.3, 0.4) is 0 Å². The maximum atomic E-state index is 11.1. The summed E-state index contributed by atoms with van der Waals surface area (Å²) >= 11 is 0. The Morgan fingerprint density at radius 3 is 2.56 bits per heavy atom. The fourth-order valence-corrected chi connectivity index (χ4v) is 2.58. The van der Waals surface area contributed by atoms with Crippen molar-refractivity contribution in [3.8, 4) is 0 Å². The molecule has 0 aromatic heterocycles. The van der Waals surface area contributed by atoms with Crippen LogP contribution in [0.5, 0.6) is 0 Å². The standard InChI is InChI=1S/C11H16N2O4S/c1-7(6-18(2,16)17)13-10-4-3-8(11(14)15)5-9(10)12/h3-5,7,13H,6,12H2,1-2H3,(H,14,15). The van der Waals surface area contributed by atoms with Gasteiger partial charge in [-0.15, -0.1) is 0 Å². The van der Waals surface area contributed by atoms with E-state index >= 15 is 0 Å². The Morgan fingerprint density at radius 2 is 2.11 bits per heavy atom. The van der Waals surface area contributed by atoms with Gasteiger partial charge in [0.2, 0.25) is 0 Å². The van der Waals surface area contributed by atoms with Crippen LogP contribution in [-0.4, -0.2) is 37.5 Å². The number of aromatic carboxylic acids is 1. The van der Waals surface area contributed by atoms with Crippen LogP contribution in [0.25, 0.3) is 0 Å². The molecular weight excluding hydrogens is 256 g/mol. The lowest BCUT2D eigenvalue weighted by Crippen LogP contribution is -2.25. The number of hydrogen-bond acceptors (Lipinski definition) is 5. The molecule has 1 rings (SSSR count). The van der Waals surface area contributed by atoms with E-state index in [1.807, 2.05) is 0 Å². The Morgan fingerprint density at radius 1 is 1.50 bits per heavy atom. The molecule has 0 saturated heterocycles. The van der Waals surface area contributed by atoms with Crippen LogP contribution in [0.2, 0.25) is 0 Å². The van der Waals surface area contributed by atoms with Crippen molar-refractivity contribution in [3.63, 3.8) is 0 Å². The van der Waals surface area contributed by atoms with E-state index in [0.717, 1.165) is 6.26 Å². The summed E-state index contributed by atoms with van der Waals surface area (Å²) in [7, 11) is -3.08. The Hall–Kier alpha value is -1.76. The van der Waals surface area contributed by atoms with Gasteiger partial charge in [0, 0.05) is 12.3 Å². The van der Waals surface area contributed by atoms with Gasteiger partial charge < -0.3 is 16.2 Å². The first-order valence-electron chi connectivity index (χ1n) is 5.26. The number of carboxylic acid groups (broad SMARTS) is 1. The highest BCUT2D eigenvalue weighted by atomic mass is 32.2. The lowest BCUT2D eigenvalue weighted by molar-refractivity contribution is 0.0697. The maximum Gasteiger partial charge on any atom is 0.335 e. The third-order valence-corrected chi connectivity index (χ3v) is 3.36. The highest BCUT2D eigenvalue weighted by Gasteiger charge is 2.12. The molecule has 6 nitrogen and oxygen atoms in total. The Bertz CT molecular complexity index is 554. The lowest BCUT2D eigenvalue weighted by atomic mass is 10.1. The molecule has 0 bridgehead atoms. The van der Waals surface area contributed by atoms with E-state index in [2.05, 4.69) is 5.32 Å². The molecule has 0 aliphatic rings. The third-order valence-electron chi connectivity index (χ3n) is 2.25. The number of rotatable bonds is 5. The van der Waals surface area contributed by atoms with E-state index in [1.165, 1.54) is 18.2 Å². The average Bonchev–Trinajstić information content (AvgIpc) is 2.17. The van der Waals surface area contributed by atoms with Crippen LogP contribution in [0.15, 0.2) is 18.2 Å². The van der Waals surface area contributed by atoms with Crippen molar-refractivity contribution in [2.75, 3.05) is 23.1 Å². The fraction of sp³-hybridized carbons (Fsp3) is 0.364. The minimum absolute atomic E-state index is 0.0207. The lowest BCUT2D eigenvalue weighted by Gasteiger charge is -2.16. The second-order valence-corrected chi connectivity index (χ2v) is 6.43. The molecule has 1 aromatic carbocycles. The van der Waals surface area contributed by atoms with Crippen molar-refractivity contribution in [1.29, 1.82) is 0 Å². The maximum absolute atomic E-state index is 11.1. The van der Waals surface area contributed by atoms with Crippen molar-refractivity contribution in [2.45, 2.75) is 13.0 Å². The minimum Gasteiger partial charge on any atom is -0.478 e. The number of sulfone groups is 1. The van der Waals surface area contributed by atoms with E-state index < -0.39 is 15.8 Å². The van der Waals surface area contributed by atoms with E-state index in [-0.39, 0.29) is 23.0 Å². The molecule has 0 saturated carbocycles. The largest absolute Gasteiger partial charge is 0.478 e. The van der Waals surface area contributed by atoms with Gasteiger partial charge in [0.1, 0.15) is 9.84 Å². The molecule has 18 heavy (non-hydrogen) atoms. The second-order valence-electron chi connectivity index (χ2n) is 4.24. The predicted molar refractivity (Wildman–Crippen MR) is 70.6 cm³/mol. The normalized spacial score (nSPS) is 13.0. The van der Waals surface area contributed by atoms with Gasteiger partial charge in [0.25, 0.3) is 0 Å². The molecule has 0 aliphatic heterocycles. The van der Waals surface area contributed by atoms with Gasteiger partial charge in [0.05, 0.1) is 22.7 Å². The number of hydrogen-bond donors (Lipinski definition) is 3. The quantitative estimate of drug-likeness (QED) is 0.684. The van der Waals surface area contributed by atoms with Crippen LogP contribution in [0.4, 0.5) is 11.4 Å². The van der Waals surface area contributed by atoms with Crippen LogP contribution in [-0.2, 0) is 9.84 Å². The van der Waals surface area contributed by atoms with Crippen LogP contribution < -0.4 is 11.1 Å². The fourth-order valence-electron chi connectivity index (χ4n) is 1.59. The summed E-state index contributed by atoms with van der Waals surface area (Å²) in [5.74, 6) is -1.08. The van der Waals surface area contributed by atoms with Gasteiger partial charge in [0.15, 0.2) is 0 Å². The number of nitrogen functional groups attached to an aromatic ring is 1. The predicted octanol–water partition coefficient (Wildman–Crippen LogP) is 0.812. The molecule has 0 amide bonds. The number of carboxylic acids is 1. The minimum atomic E-state index is -3.08. The summed E-state index contributed by atoms with van der Waals surface area (Å²) < 4.78 is 22.2. The first kappa shape index (κ1) is 14.3. The van der Waals surface area contributed by atoms with Crippen LogP contribution in [0.1, 0.15) is 17.3 Å². The third kappa shape index (κ3) is 4.25. The van der Waals surface area contributed by atoms with Crippen LogP contribution in [0, 0.1) is 0 Å². The van der Waals surface area contributed by atoms with Gasteiger partial charge in [-0.2, -0.15) is 0 Å². The Balaban J connectivity index is 2.83. The molecule has 100 valence electrons. The van der Waals surface area contributed by atoms with Crippen molar-refractivity contribution >= 4 is 27.2 Å². The molecule has 0 fully saturated rings. The first-order chi connectivity index (χ1) is 8.19. The number of carbonyl (C=O) groups is 1. The number of benzene rings is 1. The molecule has 0 heterocycles. The highest BCUT2D eigenvalue weighted by molar-refractivity contribution is 7.90. The summed E-state index contributed by atoms with van der Waals surface area (Å²) in [5, 5.41) is 11.7. The van der Waals surface area contributed by atoms with Gasteiger partial charge in [-0.1, -0.05) is 0 Å². The van der Waals surface area contributed by atoms with Gasteiger partial charge in [-0.3, -0.25) is 0 Å². The van der Waals surface area contributed by atoms with Gasteiger partial charge in [-0.25, -0.2) is 13.2 Å². The van der Waals surface area contributed by atoms with Gasteiger partial charge >= 0.3 is 5.97 Å². The zero-order valence-corrected chi connectivity index (χ0v) is 11.0.